The Labute approximate surface area is 167 Å². The van der Waals surface area contributed by atoms with E-state index in [0.29, 0.717) is 0 Å². The van der Waals surface area contributed by atoms with Crippen molar-refractivity contribution in [2.45, 2.75) is 69.6 Å². The lowest BCUT2D eigenvalue weighted by molar-refractivity contribution is -0.105. The monoisotopic (exact) mass is 385 g/mol. The topological polar surface area (TPSA) is 54.0 Å². The Bertz CT molecular complexity index is 718. The lowest BCUT2D eigenvalue weighted by Gasteiger charge is -2.38. The molecule has 2 heterocycles. The highest BCUT2D eigenvalue weighted by Crippen LogP contribution is 2.46. The van der Waals surface area contributed by atoms with Crippen LogP contribution >= 0.6 is 0 Å². The molecule has 0 unspecified atom stereocenters. The van der Waals surface area contributed by atoms with E-state index < -0.39 is 5.79 Å². The largest absolute Gasteiger partial charge is 0.448 e. The second kappa shape index (κ2) is 7.47. The van der Waals surface area contributed by atoms with E-state index in [2.05, 4.69) is 10.2 Å². The maximum atomic E-state index is 12.7. The third kappa shape index (κ3) is 3.54. The number of fused-ring (bicyclic) bond motifs is 1. The molecule has 6 heteroatoms. The average molecular weight is 386 g/mol. The number of nitrogens with zero attached hydrogens (tertiary/aromatic N) is 2. The van der Waals surface area contributed by atoms with Gasteiger partial charge in [0.15, 0.2) is 11.5 Å². The van der Waals surface area contributed by atoms with Crippen LogP contribution in [0.1, 0.15) is 57.8 Å². The molecule has 2 aliphatic heterocycles. The zero-order chi connectivity index (χ0) is 19.0. The van der Waals surface area contributed by atoms with Crippen molar-refractivity contribution in [2.24, 2.45) is 0 Å². The standard InChI is InChI=1S/C22H31N3O3/c26-21(25-14-12-24(13-15-25)18-6-2-3-7-18)23-17-8-9-19-20(16-17)28-22(27-19)10-4-1-5-11-22/h8-9,16,18H,1-7,10-15H2,(H,23,26). The van der Waals surface area contributed by atoms with Gasteiger partial charge in [0, 0.05) is 56.8 Å². The fourth-order valence-electron chi connectivity index (χ4n) is 5.23. The first-order valence-corrected chi connectivity index (χ1v) is 11.0. The SMILES string of the molecule is O=C(Nc1ccc2c(c1)OC1(CCCCC1)O2)N1CCN(C2CCCC2)CC1. The van der Waals surface area contributed by atoms with Gasteiger partial charge >= 0.3 is 6.03 Å². The van der Waals surface area contributed by atoms with Gasteiger partial charge in [0.25, 0.3) is 5.79 Å². The van der Waals surface area contributed by atoms with Gasteiger partial charge in [0.2, 0.25) is 0 Å². The molecule has 1 aromatic rings. The molecule has 0 aromatic heterocycles. The van der Waals surface area contributed by atoms with Crippen molar-refractivity contribution >= 4 is 11.7 Å². The number of anilines is 1. The molecule has 6 nitrogen and oxygen atoms in total. The van der Waals surface area contributed by atoms with E-state index in [1.807, 2.05) is 23.1 Å². The quantitative estimate of drug-likeness (QED) is 0.829. The molecule has 2 amide bonds. The number of hydrogen-bond acceptors (Lipinski definition) is 4. The second-order valence-electron chi connectivity index (χ2n) is 8.73. The molecular formula is C22H31N3O3. The summed E-state index contributed by atoms with van der Waals surface area (Å²) in [7, 11) is 0. The minimum absolute atomic E-state index is 0.0164. The van der Waals surface area contributed by atoms with E-state index in [4.69, 9.17) is 9.47 Å². The molecule has 152 valence electrons. The van der Waals surface area contributed by atoms with Crippen molar-refractivity contribution in [3.8, 4) is 11.5 Å². The molecule has 5 rings (SSSR count). The number of ether oxygens (including phenoxy) is 2. The van der Waals surface area contributed by atoms with Gasteiger partial charge in [-0.2, -0.15) is 0 Å². The smallest absolute Gasteiger partial charge is 0.321 e. The van der Waals surface area contributed by atoms with Crippen molar-refractivity contribution in [3.63, 3.8) is 0 Å². The van der Waals surface area contributed by atoms with Gasteiger partial charge in [-0.3, -0.25) is 4.90 Å². The Balaban J connectivity index is 1.17. The van der Waals surface area contributed by atoms with Crippen molar-refractivity contribution in [1.82, 2.24) is 9.80 Å². The fourth-order valence-corrected chi connectivity index (χ4v) is 5.23. The number of rotatable bonds is 2. The number of piperazine rings is 1. The van der Waals surface area contributed by atoms with Crippen molar-refractivity contribution in [1.29, 1.82) is 0 Å². The van der Waals surface area contributed by atoms with Gasteiger partial charge in [-0.25, -0.2) is 4.79 Å². The van der Waals surface area contributed by atoms with Gasteiger partial charge in [0.1, 0.15) is 0 Å². The molecule has 0 bridgehead atoms. The summed E-state index contributed by atoms with van der Waals surface area (Å²) in [6.07, 6.45) is 10.8. The first-order valence-electron chi connectivity index (χ1n) is 11.0. The third-order valence-corrected chi connectivity index (χ3v) is 6.84. The number of nitrogens with one attached hydrogen (secondary N) is 1. The Morgan fingerprint density at radius 2 is 1.64 bits per heavy atom. The van der Waals surface area contributed by atoms with Crippen LogP contribution in [0.5, 0.6) is 11.5 Å². The Kier molecular flexibility index (Phi) is 4.83. The van der Waals surface area contributed by atoms with Crippen LogP contribution in [-0.4, -0.2) is 53.8 Å². The highest BCUT2D eigenvalue weighted by Gasteiger charge is 2.42. The van der Waals surface area contributed by atoms with Crippen molar-refractivity contribution < 1.29 is 14.3 Å². The van der Waals surface area contributed by atoms with Gasteiger partial charge < -0.3 is 19.7 Å². The van der Waals surface area contributed by atoms with E-state index in [0.717, 1.165) is 75.1 Å². The molecule has 1 saturated heterocycles. The van der Waals surface area contributed by atoms with Gasteiger partial charge in [-0.1, -0.05) is 19.3 Å². The number of hydrogen-bond donors (Lipinski definition) is 1. The van der Waals surface area contributed by atoms with Crippen LogP contribution in [0.2, 0.25) is 0 Å². The zero-order valence-corrected chi connectivity index (χ0v) is 16.6. The van der Waals surface area contributed by atoms with E-state index in [9.17, 15) is 4.79 Å². The summed E-state index contributed by atoms with van der Waals surface area (Å²) in [5.74, 6) is 1.08. The molecule has 1 spiro atoms. The van der Waals surface area contributed by atoms with Crippen LogP contribution < -0.4 is 14.8 Å². The van der Waals surface area contributed by atoms with Crippen molar-refractivity contribution in [2.75, 3.05) is 31.5 Å². The minimum Gasteiger partial charge on any atom is -0.448 e. The first-order chi connectivity index (χ1) is 13.7. The summed E-state index contributed by atoms with van der Waals surface area (Å²) in [6, 6.07) is 6.47. The number of benzene rings is 1. The van der Waals surface area contributed by atoms with Gasteiger partial charge in [0.05, 0.1) is 0 Å². The summed E-state index contributed by atoms with van der Waals surface area (Å²) in [5, 5.41) is 3.05. The highest BCUT2D eigenvalue weighted by molar-refractivity contribution is 5.89. The average Bonchev–Trinajstić information content (AvgIpc) is 3.36. The molecule has 1 N–H and O–H groups in total. The minimum atomic E-state index is -0.472. The van der Waals surface area contributed by atoms with Crippen LogP contribution in [0, 0.1) is 0 Å². The van der Waals surface area contributed by atoms with Crippen LogP contribution in [0.15, 0.2) is 18.2 Å². The van der Waals surface area contributed by atoms with E-state index >= 15 is 0 Å². The highest BCUT2D eigenvalue weighted by atomic mass is 16.7. The molecule has 4 aliphatic rings. The van der Waals surface area contributed by atoms with Crippen LogP contribution in [0.25, 0.3) is 0 Å². The van der Waals surface area contributed by atoms with Gasteiger partial charge in [-0.15, -0.1) is 0 Å². The summed E-state index contributed by atoms with van der Waals surface area (Å²) < 4.78 is 12.3. The van der Waals surface area contributed by atoms with E-state index in [-0.39, 0.29) is 6.03 Å². The molecule has 0 radical (unpaired) electrons. The van der Waals surface area contributed by atoms with Crippen LogP contribution in [0.4, 0.5) is 10.5 Å². The lowest BCUT2D eigenvalue weighted by Crippen LogP contribution is -2.52. The van der Waals surface area contributed by atoms with E-state index in [1.54, 1.807) is 0 Å². The van der Waals surface area contributed by atoms with Crippen molar-refractivity contribution in [3.05, 3.63) is 18.2 Å². The molecule has 1 aromatic carbocycles. The number of amides is 2. The number of carbonyl (C=O) groups is 1. The number of urea groups is 1. The Hall–Kier alpha value is -1.95. The maximum absolute atomic E-state index is 12.7. The van der Waals surface area contributed by atoms with E-state index in [1.165, 1.54) is 32.1 Å². The van der Waals surface area contributed by atoms with Crippen LogP contribution in [-0.2, 0) is 0 Å². The summed E-state index contributed by atoms with van der Waals surface area (Å²) in [6.45, 7) is 3.58. The normalized spacial score (nSPS) is 24.6. The molecule has 3 fully saturated rings. The Morgan fingerprint density at radius 3 is 2.39 bits per heavy atom. The lowest BCUT2D eigenvalue weighted by atomic mass is 9.94. The summed E-state index contributed by atoms with van der Waals surface area (Å²) in [4.78, 5) is 17.2. The Morgan fingerprint density at radius 1 is 0.929 bits per heavy atom. The number of carbonyl (C=O) groups excluding carboxylic acids is 1. The maximum Gasteiger partial charge on any atom is 0.321 e. The predicted octanol–water partition coefficient (Wildman–Crippen LogP) is 4.21. The first kappa shape index (κ1) is 18.1. The molecule has 2 aliphatic carbocycles. The molecule has 28 heavy (non-hydrogen) atoms. The predicted molar refractivity (Wildman–Crippen MR) is 108 cm³/mol. The molecular weight excluding hydrogens is 354 g/mol. The summed E-state index contributed by atoms with van der Waals surface area (Å²) >= 11 is 0. The zero-order valence-electron chi connectivity index (χ0n) is 16.6. The summed E-state index contributed by atoms with van der Waals surface area (Å²) in [5.41, 5.74) is 0.776. The van der Waals surface area contributed by atoms with Crippen LogP contribution in [0.3, 0.4) is 0 Å². The molecule has 2 saturated carbocycles. The second-order valence-corrected chi connectivity index (χ2v) is 8.73. The molecule has 0 atom stereocenters. The third-order valence-electron chi connectivity index (χ3n) is 6.84. The fraction of sp³-hybridized carbons (Fsp3) is 0.682. The van der Waals surface area contributed by atoms with Gasteiger partial charge in [-0.05, 0) is 37.8 Å².